The van der Waals surface area contributed by atoms with E-state index in [-0.39, 0.29) is 29.0 Å². The van der Waals surface area contributed by atoms with Gasteiger partial charge in [-0.1, -0.05) is 6.92 Å². The average Bonchev–Trinajstić information content (AvgIpc) is 2.96. The second-order valence-electron chi connectivity index (χ2n) is 4.85. The highest BCUT2D eigenvalue weighted by Gasteiger charge is 2.40. The van der Waals surface area contributed by atoms with E-state index < -0.39 is 0 Å². The van der Waals surface area contributed by atoms with Crippen molar-refractivity contribution in [2.24, 2.45) is 11.8 Å². The predicted octanol–water partition coefficient (Wildman–Crippen LogP) is 1.15. The number of esters is 1. The van der Waals surface area contributed by atoms with Crippen LogP contribution in [0, 0.1) is 11.8 Å². The van der Waals surface area contributed by atoms with Crippen LogP contribution in [-0.2, 0) is 14.3 Å². The zero-order valence-electron chi connectivity index (χ0n) is 10.3. The summed E-state index contributed by atoms with van der Waals surface area (Å²) < 4.78 is 4.78. The van der Waals surface area contributed by atoms with E-state index in [4.69, 9.17) is 4.74 Å². The van der Waals surface area contributed by atoms with E-state index in [1.807, 2.05) is 11.8 Å². The number of carbonyl (C=O) groups excluding carboxylic acids is 2. The number of hydrogen-bond acceptors (Lipinski definition) is 4. The van der Waals surface area contributed by atoms with Crippen molar-refractivity contribution in [3.63, 3.8) is 0 Å². The Balaban J connectivity index is 1.95. The summed E-state index contributed by atoms with van der Waals surface area (Å²) in [5.41, 5.74) is 0. The van der Waals surface area contributed by atoms with E-state index in [2.05, 4.69) is 0 Å². The van der Waals surface area contributed by atoms with Crippen molar-refractivity contribution in [1.29, 1.82) is 0 Å². The van der Waals surface area contributed by atoms with Gasteiger partial charge in [0.15, 0.2) is 0 Å². The lowest BCUT2D eigenvalue weighted by Gasteiger charge is -2.19. The molecule has 2 heterocycles. The molecule has 5 heteroatoms. The summed E-state index contributed by atoms with van der Waals surface area (Å²) in [6, 6.07) is 0. The molecule has 17 heavy (non-hydrogen) atoms. The van der Waals surface area contributed by atoms with Crippen LogP contribution in [-0.4, -0.2) is 48.0 Å². The molecular weight excluding hydrogens is 238 g/mol. The Bertz CT molecular complexity index is 315. The van der Waals surface area contributed by atoms with E-state index in [1.54, 1.807) is 11.8 Å². The van der Waals surface area contributed by atoms with Crippen LogP contribution in [0.25, 0.3) is 0 Å². The Hall–Kier alpha value is -0.710. The molecule has 0 spiro atoms. The van der Waals surface area contributed by atoms with Crippen molar-refractivity contribution in [1.82, 2.24) is 4.90 Å². The molecule has 0 aromatic rings. The molecule has 2 rings (SSSR count). The van der Waals surface area contributed by atoms with E-state index in [1.165, 1.54) is 7.11 Å². The van der Waals surface area contributed by atoms with Gasteiger partial charge in [0.1, 0.15) is 0 Å². The Morgan fingerprint density at radius 1 is 1.35 bits per heavy atom. The molecule has 0 aromatic carbocycles. The molecule has 2 saturated heterocycles. The summed E-state index contributed by atoms with van der Waals surface area (Å²) in [4.78, 5) is 25.6. The molecule has 2 fully saturated rings. The van der Waals surface area contributed by atoms with Gasteiger partial charge in [-0.05, 0) is 24.5 Å². The Morgan fingerprint density at radius 2 is 2.12 bits per heavy atom. The zero-order valence-corrected chi connectivity index (χ0v) is 11.2. The first-order valence-electron chi connectivity index (χ1n) is 6.11. The van der Waals surface area contributed by atoms with Crippen molar-refractivity contribution in [2.75, 3.05) is 26.0 Å². The highest BCUT2D eigenvalue weighted by Crippen LogP contribution is 2.31. The maximum atomic E-state index is 12.2. The highest BCUT2D eigenvalue weighted by molar-refractivity contribution is 8.00. The monoisotopic (exact) mass is 257 g/mol. The molecule has 0 aliphatic carbocycles. The van der Waals surface area contributed by atoms with Crippen LogP contribution in [0.5, 0.6) is 0 Å². The molecule has 3 unspecified atom stereocenters. The number of amides is 1. The summed E-state index contributed by atoms with van der Waals surface area (Å²) in [5, 5.41) is 0.124. The van der Waals surface area contributed by atoms with Gasteiger partial charge in [0, 0.05) is 13.1 Å². The van der Waals surface area contributed by atoms with Gasteiger partial charge >= 0.3 is 5.97 Å². The Labute approximate surface area is 106 Å². The van der Waals surface area contributed by atoms with Crippen LogP contribution in [0.15, 0.2) is 0 Å². The third-order valence-electron chi connectivity index (χ3n) is 3.63. The van der Waals surface area contributed by atoms with Crippen LogP contribution in [0.3, 0.4) is 0 Å². The fourth-order valence-corrected chi connectivity index (χ4v) is 3.82. The molecule has 0 N–H and O–H groups in total. The van der Waals surface area contributed by atoms with Crippen molar-refractivity contribution in [3.05, 3.63) is 0 Å². The second kappa shape index (κ2) is 5.29. The number of hydrogen-bond donors (Lipinski definition) is 0. The van der Waals surface area contributed by atoms with Crippen LogP contribution in [0.1, 0.15) is 19.8 Å². The van der Waals surface area contributed by atoms with Gasteiger partial charge in [0.25, 0.3) is 0 Å². The third-order valence-corrected chi connectivity index (χ3v) is 5.00. The SMILES string of the molecule is COC(=O)C1CN(C(=O)C2CCCS2)CC1C. The van der Waals surface area contributed by atoms with E-state index in [0.29, 0.717) is 13.1 Å². The Kier molecular flexibility index (Phi) is 3.97. The van der Waals surface area contributed by atoms with Gasteiger partial charge in [0.05, 0.1) is 18.3 Å². The first kappa shape index (κ1) is 12.7. The lowest BCUT2D eigenvalue weighted by atomic mass is 9.99. The normalized spacial score (nSPS) is 32.8. The van der Waals surface area contributed by atoms with Crippen molar-refractivity contribution < 1.29 is 14.3 Å². The number of methoxy groups -OCH3 is 1. The van der Waals surface area contributed by atoms with Crippen LogP contribution < -0.4 is 0 Å². The standard InChI is InChI=1S/C12H19NO3S/c1-8-6-13(7-9(8)12(15)16-2)11(14)10-4-3-5-17-10/h8-10H,3-7H2,1-2H3. The molecule has 1 amide bonds. The maximum Gasteiger partial charge on any atom is 0.310 e. The minimum absolute atomic E-state index is 0.124. The van der Waals surface area contributed by atoms with Crippen LogP contribution in [0.2, 0.25) is 0 Å². The largest absolute Gasteiger partial charge is 0.469 e. The minimum Gasteiger partial charge on any atom is -0.469 e. The minimum atomic E-state index is -0.188. The molecule has 96 valence electrons. The topological polar surface area (TPSA) is 46.6 Å². The van der Waals surface area contributed by atoms with Gasteiger partial charge in [-0.3, -0.25) is 9.59 Å². The quantitative estimate of drug-likeness (QED) is 0.696. The predicted molar refractivity (Wildman–Crippen MR) is 66.7 cm³/mol. The molecule has 3 atom stereocenters. The number of rotatable bonds is 2. The molecule has 0 bridgehead atoms. The summed E-state index contributed by atoms with van der Waals surface area (Å²) in [7, 11) is 1.41. The summed E-state index contributed by atoms with van der Waals surface area (Å²) in [6.45, 7) is 3.23. The smallest absolute Gasteiger partial charge is 0.310 e. The molecule has 0 saturated carbocycles. The Morgan fingerprint density at radius 3 is 2.71 bits per heavy atom. The lowest BCUT2D eigenvalue weighted by molar-refractivity contribution is -0.146. The van der Waals surface area contributed by atoms with Crippen LogP contribution in [0.4, 0.5) is 0 Å². The lowest BCUT2D eigenvalue weighted by Crippen LogP contribution is -2.35. The van der Waals surface area contributed by atoms with E-state index in [9.17, 15) is 9.59 Å². The van der Waals surface area contributed by atoms with Crippen molar-refractivity contribution in [2.45, 2.75) is 25.0 Å². The molecule has 2 aliphatic rings. The summed E-state index contributed by atoms with van der Waals surface area (Å²) in [5.74, 6) is 1.17. The van der Waals surface area contributed by atoms with E-state index in [0.717, 1.165) is 18.6 Å². The fourth-order valence-electron chi connectivity index (χ4n) is 2.58. The average molecular weight is 257 g/mol. The second-order valence-corrected chi connectivity index (χ2v) is 6.16. The molecule has 0 aromatic heterocycles. The molecule has 4 nitrogen and oxygen atoms in total. The summed E-state index contributed by atoms with van der Waals surface area (Å²) >= 11 is 1.75. The third kappa shape index (κ3) is 2.59. The number of likely N-dealkylation sites (tertiary alicyclic amines) is 1. The van der Waals surface area contributed by atoms with Crippen molar-refractivity contribution in [3.8, 4) is 0 Å². The first-order chi connectivity index (χ1) is 8.13. The zero-order chi connectivity index (χ0) is 12.4. The number of thioether (sulfide) groups is 1. The molecular formula is C12H19NO3S. The van der Waals surface area contributed by atoms with Crippen molar-refractivity contribution >= 4 is 23.6 Å². The van der Waals surface area contributed by atoms with E-state index >= 15 is 0 Å². The number of carbonyl (C=O) groups is 2. The van der Waals surface area contributed by atoms with Gasteiger partial charge < -0.3 is 9.64 Å². The van der Waals surface area contributed by atoms with Gasteiger partial charge in [-0.25, -0.2) is 0 Å². The fraction of sp³-hybridized carbons (Fsp3) is 0.833. The molecule has 2 aliphatic heterocycles. The maximum absolute atomic E-state index is 12.2. The number of nitrogens with zero attached hydrogens (tertiary/aromatic N) is 1. The van der Waals surface area contributed by atoms with Crippen LogP contribution >= 0.6 is 11.8 Å². The first-order valence-corrected chi connectivity index (χ1v) is 7.16. The van der Waals surface area contributed by atoms with Gasteiger partial charge in [-0.15, -0.1) is 11.8 Å². The number of ether oxygens (including phenoxy) is 1. The summed E-state index contributed by atoms with van der Waals surface area (Å²) in [6.07, 6.45) is 2.11. The molecule has 0 radical (unpaired) electrons. The highest BCUT2D eigenvalue weighted by atomic mass is 32.2. The van der Waals surface area contributed by atoms with Gasteiger partial charge in [0.2, 0.25) is 5.91 Å². The van der Waals surface area contributed by atoms with Gasteiger partial charge in [-0.2, -0.15) is 0 Å².